The lowest BCUT2D eigenvalue weighted by atomic mass is 10.1. The van der Waals surface area contributed by atoms with Crippen LogP contribution < -0.4 is 5.32 Å². The highest BCUT2D eigenvalue weighted by molar-refractivity contribution is 7.07. The first kappa shape index (κ1) is 15.1. The molecule has 1 N–H and O–H groups in total. The Hall–Kier alpha value is -1.79. The number of carbonyl (C=O) groups excluding carboxylic acids is 1. The van der Waals surface area contributed by atoms with Gasteiger partial charge in [-0.1, -0.05) is 0 Å². The summed E-state index contributed by atoms with van der Waals surface area (Å²) >= 11 is 1.67. The monoisotopic (exact) mass is 322 g/mol. The summed E-state index contributed by atoms with van der Waals surface area (Å²) in [5, 5.41) is 7.05. The molecule has 1 aromatic heterocycles. The molecule has 1 aliphatic heterocycles. The maximum absolute atomic E-state index is 13.2. The minimum absolute atomic E-state index is 0.0410. The molecule has 1 amide bonds. The third kappa shape index (κ3) is 3.51. The van der Waals surface area contributed by atoms with Gasteiger partial charge in [-0.25, -0.2) is 8.78 Å². The number of nitrogens with one attached hydrogen (secondary N) is 1. The number of amides is 1. The van der Waals surface area contributed by atoms with E-state index < -0.39 is 11.6 Å². The summed E-state index contributed by atoms with van der Waals surface area (Å²) in [6, 6.07) is 5.34. The maximum atomic E-state index is 13.2. The van der Waals surface area contributed by atoms with Crippen molar-refractivity contribution in [3.63, 3.8) is 0 Å². The van der Waals surface area contributed by atoms with E-state index in [0.29, 0.717) is 0 Å². The highest BCUT2D eigenvalue weighted by Crippen LogP contribution is 2.16. The summed E-state index contributed by atoms with van der Waals surface area (Å²) in [6.45, 7) is 2.56. The smallest absolute Gasteiger partial charge is 0.251 e. The number of hydrogen-bond donors (Lipinski definition) is 1. The summed E-state index contributed by atoms with van der Waals surface area (Å²) in [7, 11) is 0. The Kier molecular flexibility index (Phi) is 4.49. The highest BCUT2D eigenvalue weighted by Gasteiger charge is 2.24. The van der Waals surface area contributed by atoms with Gasteiger partial charge >= 0.3 is 0 Å². The first-order chi connectivity index (χ1) is 10.6. The average molecular weight is 322 g/mol. The summed E-state index contributed by atoms with van der Waals surface area (Å²) in [4.78, 5) is 14.3. The van der Waals surface area contributed by atoms with Crippen LogP contribution >= 0.6 is 11.3 Å². The Balaban J connectivity index is 1.55. The lowest BCUT2D eigenvalue weighted by Crippen LogP contribution is -2.37. The zero-order chi connectivity index (χ0) is 15.5. The van der Waals surface area contributed by atoms with Gasteiger partial charge in [0.2, 0.25) is 0 Å². The van der Waals surface area contributed by atoms with Crippen molar-refractivity contribution < 1.29 is 13.6 Å². The molecule has 116 valence electrons. The third-order valence-corrected chi connectivity index (χ3v) is 4.51. The molecule has 1 unspecified atom stereocenters. The van der Waals surface area contributed by atoms with Crippen molar-refractivity contribution in [3.8, 4) is 0 Å². The van der Waals surface area contributed by atoms with Crippen LogP contribution in [-0.2, 0) is 6.54 Å². The van der Waals surface area contributed by atoms with Crippen LogP contribution in [0.4, 0.5) is 8.78 Å². The molecule has 1 aliphatic rings. The molecule has 0 bridgehead atoms. The molecule has 1 fully saturated rings. The standard InChI is InChI=1S/C16H16F2N2OS/c17-14-2-1-12(7-15(14)18)16(21)19-13-3-5-20(9-13)8-11-4-6-22-10-11/h1-2,4,6-7,10,13H,3,5,8-9H2,(H,19,21). The number of hydrogen-bond acceptors (Lipinski definition) is 3. The topological polar surface area (TPSA) is 32.3 Å². The Morgan fingerprint density at radius 2 is 2.18 bits per heavy atom. The van der Waals surface area contributed by atoms with Crippen molar-refractivity contribution >= 4 is 17.2 Å². The molecule has 0 spiro atoms. The number of carbonyl (C=O) groups is 1. The van der Waals surface area contributed by atoms with E-state index in [9.17, 15) is 13.6 Å². The Bertz CT molecular complexity index is 660. The molecule has 1 saturated heterocycles. The van der Waals surface area contributed by atoms with E-state index >= 15 is 0 Å². The van der Waals surface area contributed by atoms with Crippen LogP contribution in [0.5, 0.6) is 0 Å². The summed E-state index contributed by atoms with van der Waals surface area (Å²) in [5.41, 5.74) is 1.42. The lowest BCUT2D eigenvalue weighted by molar-refractivity contribution is 0.0937. The van der Waals surface area contributed by atoms with Crippen LogP contribution in [0.2, 0.25) is 0 Å². The van der Waals surface area contributed by atoms with Crippen molar-refractivity contribution in [1.29, 1.82) is 0 Å². The molecule has 6 heteroatoms. The Morgan fingerprint density at radius 3 is 2.91 bits per heavy atom. The van der Waals surface area contributed by atoms with Gasteiger partial charge in [-0.3, -0.25) is 9.69 Å². The molecule has 3 nitrogen and oxygen atoms in total. The third-order valence-electron chi connectivity index (χ3n) is 3.78. The minimum Gasteiger partial charge on any atom is -0.348 e. The Labute approximate surface area is 131 Å². The van der Waals surface area contributed by atoms with Gasteiger partial charge in [-0.2, -0.15) is 11.3 Å². The molecule has 1 atom stereocenters. The first-order valence-corrected chi connectivity index (χ1v) is 8.05. The molecular weight excluding hydrogens is 306 g/mol. The van der Waals surface area contributed by atoms with Gasteiger partial charge < -0.3 is 5.32 Å². The zero-order valence-corrected chi connectivity index (χ0v) is 12.7. The van der Waals surface area contributed by atoms with E-state index in [4.69, 9.17) is 0 Å². The zero-order valence-electron chi connectivity index (χ0n) is 11.9. The van der Waals surface area contributed by atoms with Crippen LogP contribution in [0.25, 0.3) is 0 Å². The fraction of sp³-hybridized carbons (Fsp3) is 0.312. The van der Waals surface area contributed by atoms with Crippen LogP contribution in [0.3, 0.4) is 0 Å². The van der Waals surface area contributed by atoms with Crippen molar-refractivity contribution in [2.75, 3.05) is 13.1 Å². The quantitative estimate of drug-likeness (QED) is 0.938. The van der Waals surface area contributed by atoms with Gasteiger partial charge in [0.25, 0.3) is 5.91 Å². The first-order valence-electron chi connectivity index (χ1n) is 7.11. The van der Waals surface area contributed by atoms with Crippen molar-refractivity contribution in [2.45, 2.75) is 19.0 Å². The molecule has 2 heterocycles. The summed E-state index contributed by atoms with van der Waals surface area (Å²) in [5.74, 6) is -2.31. The molecule has 0 radical (unpaired) electrons. The van der Waals surface area contributed by atoms with Gasteiger partial charge in [0, 0.05) is 31.2 Å². The number of benzene rings is 1. The fourth-order valence-electron chi connectivity index (χ4n) is 2.64. The molecule has 0 aliphatic carbocycles. The van der Waals surface area contributed by atoms with E-state index in [-0.39, 0.29) is 17.5 Å². The van der Waals surface area contributed by atoms with E-state index in [2.05, 4.69) is 21.7 Å². The number of thiophene rings is 1. The summed E-state index contributed by atoms with van der Waals surface area (Å²) in [6.07, 6.45) is 0.861. The maximum Gasteiger partial charge on any atom is 0.251 e. The number of rotatable bonds is 4. The SMILES string of the molecule is O=C(NC1CCN(Cc2ccsc2)C1)c1ccc(F)c(F)c1. The number of halogens is 2. The van der Waals surface area contributed by atoms with Crippen LogP contribution in [-0.4, -0.2) is 29.9 Å². The largest absolute Gasteiger partial charge is 0.348 e. The van der Waals surface area contributed by atoms with Crippen molar-refractivity contribution in [3.05, 3.63) is 57.8 Å². The normalized spacial score (nSPS) is 18.5. The molecule has 1 aromatic carbocycles. The second-order valence-electron chi connectivity index (χ2n) is 5.45. The molecule has 2 aromatic rings. The van der Waals surface area contributed by atoms with Gasteiger partial charge in [0.05, 0.1) is 0 Å². The van der Waals surface area contributed by atoms with Gasteiger partial charge in [-0.15, -0.1) is 0 Å². The molecule has 22 heavy (non-hydrogen) atoms. The van der Waals surface area contributed by atoms with Crippen LogP contribution in [0, 0.1) is 11.6 Å². The fourth-order valence-corrected chi connectivity index (χ4v) is 3.30. The number of nitrogens with zero attached hydrogens (tertiary/aromatic N) is 1. The summed E-state index contributed by atoms with van der Waals surface area (Å²) < 4.78 is 26.1. The molecule has 0 saturated carbocycles. The van der Waals surface area contributed by atoms with Crippen LogP contribution in [0.15, 0.2) is 35.0 Å². The number of likely N-dealkylation sites (tertiary alicyclic amines) is 1. The average Bonchev–Trinajstić information content (AvgIpc) is 3.14. The predicted octanol–water partition coefficient (Wildman–Crippen LogP) is 3.03. The highest BCUT2D eigenvalue weighted by atomic mass is 32.1. The second-order valence-corrected chi connectivity index (χ2v) is 6.23. The lowest BCUT2D eigenvalue weighted by Gasteiger charge is -2.16. The predicted molar refractivity (Wildman–Crippen MR) is 81.8 cm³/mol. The van der Waals surface area contributed by atoms with Crippen molar-refractivity contribution in [2.24, 2.45) is 0 Å². The van der Waals surface area contributed by atoms with E-state index in [1.54, 1.807) is 11.3 Å². The van der Waals surface area contributed by atoms with E-state index in [1.165, 1.54) is 11.6 Å². The second kappa shape index (κ2) is 6.54. The van der Waals surface area contributed by atoms with Crippen molar-refractivity contribution in [1.82, 2.24) is 10.2 Å². The molecular formula is C16H16F2N2OS. The van der Waals surface area contributed by atoms with Gasteiger partial charge in [-0.05, 0) is 47.0 Å². The minimum atomic E-state index is -1.00. The van der Waals surface area contributed by atoms with Gasteiger partial charge in [0.1, 0.15) is 0 Å². The van der Waals surface area contributed by atoms with Crippen LogP contribution in [0.1, 0.15) is 22.3 Å². The van der Waals surface area contributed by atoms with E-state index in [1.807, 2.05) is 5.38 Å². The molecule has 3 rings (SSSR count). The Morgan fingerprint density at radius 1 is 1.32 bits per heavy atom. The van der Waals surface area contributed by atoms with E-state index in [0.717, 1.165) is 38.2 Å². The van der Waals surface area contributed by atoms with Gasteiger partial charge in [0.15, 0.2) is 11.6 Å².